The average molecular weight is 254 g/mol. The lowest BCUT2D eigenvalue weighted by molar-refractivity contribution is -0.0569. The zero-order valence-electron chi connectivity index (χ0n) is 8.23. The Morgan fingerprint density at radius 1 is 1.19 bits per heavy atom. The summed E-state index contributed by atoms with van der Waals surface area (Å²) in [5.74, 6) is 0. The van der Waals surface area contributed by atoms with Crippen LogP contribution in [0, 0.1) is 0 Å². The highest BCUT2D eigenvalue weighted by Crippen LogP contribution is 2.29. The van der Waals surface area contributed by atoms with Crippen molar-refractivity contribution in [2.24, 2.45) is 0 Å². The Hall–Kier alpha value is -1.08. The van der Waals surface area contributed by atoms with Crippen molar-refractivity contribution in [2.45, 2.75) is 18.5 Å². The molecule has 0 saturated heterocycles. The van der Waals surface area contributed by atoms with Gasteiger partial charge in [0.05, 0.1) is 6.10 Å². The van der Waals surface area contributed by atoms with Crippen molar-refractivity contribution in [3.8, 4) is 0 Å². The fraction of sp³-hybridized carbons (Fsp3) is 0.333. The van der Waals surface area contributed by atoms with Gasteiger partial charge in [0, 0.05) is 0 Å². The molecule has 0 saturated carbocycles. The minimum Gasteiger partial charge on any atom is -0.255 e. The summed E-state index contributed by atoms with van der Waals surface area (Å²) in [7, 11) is -5.55. The van der Waals surface area contributed by atoms with Crippen molar-refractivity contribution in [1.29, 1.82) is 0 Å². The molecule has 1 rings (SSSR count). The molecule has 0 spiro atoms. The Balaban J connectivity index is 2.85. The van der Waals surface area contributed by atoms with Crippen LogP contribution in [0.15, 0.2) is 30.3 Å². The second-order valence-corrected chi connectivity index (χ2v) is 4.61. The number of rotatable bonds is 3. The summed E-state index contributed by atoms with van der Waals surface area (Å²) >= 11 is 0. The average Bonchev–Trinajstić information content (AvgIpc) is 2.16. The third-order valence-corrected chi connectivity index (χ3v) is 2.93. The van der Waals surface area contributed by atoms with Gasteiger partial charge in [-0.15, -0.1) is 0 Å². The van der Waals surface area contributed by atoms with E-state index in [0.717, 1.165) is 0 Å². The molecule has 90 valence electrons. The molecular formula is C9H9F3O3S. The molecule has 0 aliphatic carbocycles. The molecule has 0 bridgehead atoms. The molecule has 0 amide bonds. The van der Waals surface area contributed by atoms with Gasteiger partial charge in [-0.2, -0.15) is 21.6 Å². The van der Waals surface area contributed by atoms with Crippen molar-refractivity contribution in [3.05, 3.63) is 35.9 Å². The van der Waals surface area contributed by atoms with Gasteiger partial charge in [-0.05, 0) is 12.5 Å². The topological polar surface area (TPSA) is 43.4 Å². The van der Waals surface area contributed by atoms with Gasteiger partial charge in [-0.25, -0.2) is 0 Å². The largest absolute Gasteiger partial charge is 0.523 e. The zero-order valence-corrected chi connectivity index (χ0v) is 9.05. The zero-order chi connectivity index (χ0) is 12.4. The molecule has 0 aliphatic rings. The number of hydrogen-bond acceptors (Lipinski definition) is 3. The Kier molecular flexibility index (Phi) is 3.59. The maximum atomic E-state index is 12.0. The smallest absolute Gasteiger partial charge is 0.255 e. The molecule has 3 nitrogen and oxygen atoms in total. The number of halogens is 3. The Bertz CT molecular complexity index is 439. The first-order valence-corrected chi connectivity index (χ1v) is 5.69. The second kappa shape index (κ2) is 4.42. The van der Waals surface area contributed by atoms with Gasteiger partial charge in [0.1, 0.15) is 0 Å². The molecule has 0 heterocycles. The van der Waals surface area contributed by atoms with E-state index in [4.69, 9.17) is 0 Å². The standard InChI is InChI=1S/C9H9F3O3S/c1-7(8-5-3-2-4-6-8)15-16(13,14)9(10,11)12/h2-7H,1H3/t7-/m0/s1. The van der Waals surface area contributed by atoms with Crippen LogP contribution in [0.3, 0.4) is 0 Å². The van der Waals surface area contributed by atoms with Crippen molar-refractivity contribution in [1.82, 2.24) is 0 Å². The van der Waals surface area contributed by atoms with Crippen LogP contribution in [0.25, 0.3) is 0 Å². The highest BCUT2D eigenvalue weighted by molar-refractivity contribution is 7.87. The van der Waals surface area contributed by atoms with Crippen molar-refractivity contribution < 1.29 is 25.8 Å². The summed E-state index contributed by atoms with van der Waals surface area (Å²) in [5, 5.41) is 0. The Morgan fingerprint density at radius 3 is 2.12 bits per heavy atom. The van der Waals surface area contributed by atoms with Crippen LogP contribution in [0.4, 0.5) is 13.2 Å². The van der Waals surface area contributed by atoms with Crippen LogP contribution in [0.5, 0.6) is 0 Å². The summed E-state index contributed by atoms with van der Waals surface area (Å²) in [4.78, 5) is 0. The van der Waals surface area contributed by atoms with Crippen molar-refractivity contribution in [2.75, 3.05) is 0 Å². The van der Waals surface area contributed by atoms with E-state index in [1.807, 2.05) is 0 Å². The minimum absolute atomic E-state index is 0.357. The third kappa shape index (κ3) is 2.96. The normalized spacial score (nSPS) is 14.8. The molecule has 1 aromatic carbocycles. The van der Waals surface area contributed by atoms with E-state index in [0.29, 0.717) is 5.56 Å². The predicted octanol–water partition coefficient (Wildman–Crippen LogP) is 2.61. The molecule has 0 aromatic heterocycles. The van der Waals surface area contributed by atoms with E-state index >= 15 is 0 Å². The van der Waals surface area contributed by atoms with Crippen LogP contribution < -0.4 is 0 Å². The monoisotopic (exact) mass is 254 g/mol. The molecular weight excluding hydrogens is 245 g/mol. The van der Waals surface area contributed by atoms with E-state index < -0.39 is 21.7 Å². The molecule has 7 heteroatoms. The van der Waals surface area contributed by atoms with Gasteiger partial charge in [0.25, 0.3) is 0 Å². The lowest BCUT2D eigenvalue weighted by Crippen LogP contribution is -2.26. The van der Waals surface area contributed by atoms with Crippen LogP contribution >= 0.6 is 0 Å². The first-order chi connectivity index (χ1) is 7.24. The third-order valence-electron chi connectivity index (χ3n) is 1.82. The molecule has 1 atom stereocenters. The molecule has 0 radical (unpaired) electrons. The maximum absolute atomic E-state index is 12.0. The number of benzene rings is 1. The van der Waals surface area contributed by atoms with Crippen LogP contribution in [-0.4, -0.2) is 13.9 Å². The van der Waals surface area contributed by atoms with Gasteiger partial charge >= 0.3 is 15.6 Å². The van der Waals surface area contributed by atoms with E-state index in [-0.39, 0.29) is 0 Å². The molecule has 1 aromatic rings. The summed E-state index contributed by atoms with van der Waals surface area (Å²) in [6.45, 7) is 1.23. The van der Waals surface area contributed by atoms with E-state index in [2.05, 4.69) is 4.18 Å². The Labute approximate surface area is 91.0 Å². The minimum atomic E-state index is -5.55. The molecule has 0 aliphatic heterocycles. The maximum Gasteiger partial charge on any atom is 0.523 e. The first kappa shape index (κ1) is 13.0. The fourth-order valence-corrected chi connectivity index (χ4v) is 1.62. The van der Waals surface area contributed by atoms with Gasteiger partial charge in [0.15, 0.2) is 0 Å². The van der Waals surface area contributed by atoms with E-state index in [9.17, 15) is 21.6 Å². The lowest BCUT2D eigenvalue weighted by atomic mass is 10.1. The highest BCUT2D eigenvalue weighted by atomic mass is 32.2. The highest BCUT2D eigenvalue weighted by Gasteiger charge is 2.48. The van der Waals surface area contributed by atoms with Gasteiger partial charge in [-0.3, -0.25) is 4.18 Å². The predicted molar refractivity (Wildman–Crippen MR) is 50.9 cm³/mol. The number of alkyl halides is 3. The molecule has 16 heavy (non-hydrogen) atoms. The summed E-state index contributed by atoms with van der Waals surface area (Å²) in [6, 6.07) is 7.78. The summed E-state index contributed by atoms with van der Waals surface area (Å²) in [5.41, 5.74) is -5.04. The van der Waals surface area contributed by atoms with Crippen molar-refractivity contribution >= 4 is 10.1 Å². The van der Waals surface area contributed by atoms with Crippen LogP contribution in [0.1, 0.15) is 18.6 Å². The van der Waals surface area contributed by atoms with E-state index in [1.165, 1.54) is 19.1 Å². The molecule has 0 unspecified atom stereocenters. The Morgan fingerprint density at radius 2 is 1.69 bits per heavy atom. The quantitative estimate of drug-likeness (QED) is 0.615. The van der Waals surface area contributed by atoms with Gasteiger partial charge in [-0.1, -0.05) is 30.3 Å². The summed E-state index contributed by atoms with van der Waals surface area (Å²) < 4.78 is 61.4. The summed E-state index contributed by atoms with van der Waals surface area (Å²) in [6.07, 6.45) is -1.17. The van der Waals surface area contributed by atoms with Gasteiger partial charge < -0.3 is 0 Å². The SMILES string of the molecule is C[C@H](OS(=O)(=O)C(F)(F)F)c1ccccc1. The molecule has 0 N–H and O–H groups in total. The van der Waals surface area contributed by atoms with Crippen LogP contribution in [0.2, 0.25) is 0 Å². The first-order valence-electron chi connectivity index (χ1n) is 4.28. The molecule has 0 fully saturated rings. The van der Waals surface area contributed by atoms with Crippen molar-refractivity contribution in [3.63, 3.8) is 0 Å². The number of hydrogen-bond donors (Lipinski definition) is 0. The second-order valence-electron chi connectivity index (χ2n) is 3.05. The van der Waals surface area contributed by atoms with Gasteiger partial charge in [0.2, 0.25) is 0 Å². The van der Waals surface area contributed by atoms with E-state index in [1.54, 1.807) is 18.2 Å². The fourth-order valence-electron chi connectivity index (χ4n) is 1.02. The van der Waals surface area contributed by atoms with Crippen LogP contribution in [-0.2, 0) is 14.3 Å². The lowest BCUT2D eigenvalue weighted by Gasteiger charge is -2.14.